The SMILES string of the molecule is Cc1ccc(C=C(C#N)S(=O)(=O)Cc2ccc(Cl)cc2)s1. The maximum atomic E-state index is 12.3. The van der Waals surface area contributed by atoms with Crippen molar-refractivity contribution in [3.63, 3.8) is 0 Å². The summed E-state index contributed by atoms with van der Waals surface area (Å²) in [7, 11) is -3.66. The first-order valence-electron chi connectivity index (χ1n) is 6.06. The summed E-state index contributed by atoms with van der Waals surface area (Å²) in [6.07, 6.45) is 1.42. The molecule has 0 atom stereocenters. The number of aryl methyl sites for hydroxylation is 1. The van der Waals surface area contributed by atoms with E-state index in [9.17, 15) is 8.42 Å². The van der Waals surface area contributed by atoms with E-state index in [0.29, 0.717) is 10.6 Å². The van der Waals surface area contributed by atoms with Crippen molar-refractivity contribution in [1.82, 2.24) is 0 Å². The predicted octanol–water partition coefficient (Wildman–Crippen LogP) is 4.19. The highest BCUT2D eigenvalue weighted by atomic mass is 35.5. The van der Waals surface area contributed by atoms with Crippen LogP contribution in [0.5, 0.6) is 0 Å². The van der Waals surface area contributed by atoms with Gasteiger partial charge in [0.2, 0.25) is 0 Å². The highest BCUT2D eigenvalue weighted by molar-refractivity contribution is 7.95. The van der Waals surface area contributed by atoms with Crippen LogP contribution in [0.25, 0.3) is 6.08 Å². The molecule has 0 spiro atoms. The van der Waals surface area contributed by atoms with Crippen molar-refractivity contribution in [3.05, 3.63) is 61.6 Å². The standard InChI is InChI=1S/C15H12ClNO2S2/c1-11-2-7-14(20-11)8-15(9-17)21(18,19)10-12-3-5-13(16)6-4-12/h2-8H,10H2,1H3. The zero-order valence-electron chi connectivity index (χ0n) is 11.2. The average Bonchev–Trinajstić information content (AvgIpc) is 2.84. The molecule has 6 heteroatoms. The number of nitriles is 1. The highest BCUT2D eigenvalue weighted by Crippen LogP contribution is 2.22. The molecule has 0 aliphatic carbocycles. The number of thiophene rings is 1. The van der Waals surface area contributed by atoms with E-state index >= 15 is 0 Å². The van der Waals surface area contributed by atoms with E-state index in [-0.39, 0.29) is 10.7 Å². The van der Waals surface area contributed by atoms with E-state index in [0.717, 1.165) is 9.75 Å². The second-order valence-electron chi connectivity index (χ2n) is 4.45. The fraction of sp³-hybridized carbons (Fsp3) is 0.133. The van der Waals surface area contributed by atoms with Gasteiger partial charge in [0.05, 0.1) is 5.75 Å². The van der Waals surface area contributed by atoms with Crippen molar-refractivity contribution in [2.75, 3.05) is 0 Å². The normalized spacial score (nSPS) is 12.1. The van der Waals surface area contributed by atoms with Crippen LogP contribution in [0, 0.1) is 18.3 Å². The summed E-state index contributed by atoms with van der Waals surface area (Å²) in [6, 6.07) is 12.0. The van der Waals surface area contributed by atoms with E-state index in [1.807, 2.05) is 13.0 Å². The van der Waals surface area contributed by atoms with Crippen LogP contribution in [-0.2, 0) is 15.6 Å². The monoisotopic (exact) mass is 337 g/mol. The Labute approximate surface area is 133 Å². The van der Waals surface area contributed by atoms with Gasteiger partial charge < -0.3 is 0 Å². The minimum atomic E-state index is -3.66. The molecule has 2 rings (SSSR count). The lowest BCUT2D eigenvalue weighted by atomic mass is 10.2. The van der Waals surface area contributed by atoms with Crippen LogP contribution in [0.4, 0.5) is 0 Å². The molecule has 0 unspecified atom stereocenters. The molecule has 0 N–H and O–H groups in total. The minimum absolute atomic E-state index is 0.214. The third-order valence-electron chi connectivity index (χ3n) is 2.75. The van der Waals surface area contributed by atoms with Gasteiger partial charge in [0.25, 0.3) is 0 Å². The Morgan fingerprint density at radius 1 is 1.29 bits per heavy atom. The quantitative estimate of drug-likeness (QED) is 0.786. The number of hydrogen-bond acceptors (Lipinski definition) is 4. The molecular weight excluding hydrogens is 326 g/mol. The van der Waals surface area contributed by atoms with Crippen molar-refractivity contribution in [3.8, 4) is 6.07 Å². The van der Waals surface area contributed by atoms with Gasteiger partial charge in [-0.1, -0.05) is 23.7 Å². The number of rotatable bonds is 4. The van der Waals surface area contributed by atoms with E-state index in [1.165, 1.54) is 17.4 Å². The molecule has 0 radical (unpaired) electrons. The number of allylic oxidation sites excluding steroid dienone is 1. The first kappa shape index (κ1) is 15.8. The summed E-state index contributed by atoms with van der Waals surface area (Å²) in [4.78, 5) is 1.59. The maximum Gasteiger partial charge on any atom is 0.192 e. The van der Waals surface area contributed by atoms with Crippen LogP contribution in [0.15, 0.2) is 41.3 Å². The van der Waals surface area contributed by atoms with Crippen molar-refractivity contribution in [2.24, 2.45) is 0 Å². The Hall–Kier alpha value is -1.61. The molecule has 1 heterocycles. The zero-order valence-corrected chi connectivity index (χ0v) is 13.6. The van der Waals surface area contributed by atoms with Crippen LogP contribution < -0.4 is 0 Å². The fourth-order valence-corrected chi connectivity index (χ4v) is 3.98. The molecule has 0 amide bonds. The highest BCUT2D eigenvalue weighted by Gasteiger charge is 2.19. The summed E-state index contributed by atoms with van der Waals surface area (Å²) in [5.41, 5.74) is 0.600. The van der Waals surface area contributed by atoms with Crippen LogP contribution in [0.2, 0.25) is 5.02 Å². The number of nitrogens with zero attached hydrogens (tertiary/aromatic N) is 1. The molecule has 3 nitrogen and oxygen atoms in total. The largest absolute Gasteiger partial charge is 0.223 e. The molecule has 0 aliphatic rings. The van der Waals surface area contributed by atoms with Crippen molar-refractivity contribution < 1.29 is 8.42 Å². The minimum Gasteiger partial charge on any atom is -0.223 e. The third-order valence-corrected chi connectivity index (χ3v) is 5.54. The Morgan fingerprint density at radius 2 is 1.95 bits per heavy atom. The average molecular weight is 338 g/mol. The van der Waals surface area contributed by atoms with Crippen LogP contribution >= 0.6 is 22.9 Å². The summed E-state index contributed by atoms with van der Waals surface area (Å²) in [5.74, 6) is -0.214. The molecule has 2 aromatic rings. The van der Waals surface area contributed by atoms with Gasteiger partial charge in [-0.2, -0.15) is 5.26 Å². The molecule has 0 saturated carbocycles. The van der Waals surface area contributed by atoms with E-state index in [2.05, 4.69) is 0 Å². The number of halogens is 1. The summed E-state index contributed by atoms with van der Waals surface area (Å²) in [6.45, 7) is 1.93. The Balaban J connectivity index is 2.30. The summed E-state index contributed by atoms with van der Waals surface area (Å²) in [5, 5.41) is 9.68. The Morgan fingerprint density at radius 3 is 2.48 bits per heavy atom. The number of hydrogen-bond donors (Lipinski definition) is 0. The zero-order chi connectivity index (χ0) is 15.5. The molecule has 0 saturated heterocycles. The van der Waals surface area contributed by atoms with Gasteiger partial charge in [-0.25, -0.2) is 8.42 Å². The van der Waals surface area contributed by atoms with Crippen molar-refractivity contribution >= 4 is 38.9 Å². The van der Waals surface area contributed by atoms with Gasteiger partial charge in [-0.15, -0.1) is 11.3 Å². The molecule has 0 bridgehead atoms. The Kier molecular flexibility index (Phi) is 4.84. The number of sulfone groups is 1. The molecule has 108 valence electrons. The van der Waals surface area contributed by atoms with Gasteiger partial charge in [0.15, 0.2) is 9.84 Å². The Bertz CT molecular complexity index is 812. The summed E-state index contributed by atoms with van der Waals surface area (Å²) < 4.78 is 24.6. The predicted molar refractivity (Wildman–Crippen MR) is 86.7 cm³/mol. The first-order valence-corrected chi connectivity index (χ1v) is 8.91. The lowest BCUT2D eigenvalue weighted by Gasteiger charge is -2.03. The van der Waals surface area contributed by atoms with E-state index < -0.39 is 9.84 Å². The second kappa shape index (κ2) is 6.44. The topological polar surface area (TPSA) is 57.9 Å². The van der Waals surface area contributed by atoms with Gasteiger partial charge in [0.1, 0.15) is 11.0 Å². The van der Waals surface area contributed by atoms with Gasteiger partial charge in [-0.05, 0) is 42.8 Å². The third kappa shape index (κ3) is 4.18. The fourth-order valence-electron chi connectivity index (χ4n) is 1.73. The van der Waals surface area contributed by atoms with Crippen LogP contribution in [0.1, 0.15) is 15.3 Å². The van der Waals surface area contributed by atoms with Crippen LogP contribution in [0.3, 0.4) is 0 Å². The van der Waals surface area contributed by atoms with Gasteiger partial charge in [-0.3, -0.25) is 0 Å². The molecule has 1 aromatic heterocycles. The van der Waals surface area contributed by atoms with E-state index in [1.54, 1.807) is 36.4 Å². The smallest absolute Gasteiger partial charge is 0.192 e. The van der Waals surface area contributed by atoms with Crippen molar-refractivity contribution in [1.29, 1.82) is 5.26 Å². The lowest BCUT2D eigenvalue weighted by molar-refractivity contribution is 0.602. The molecule has 0 fully saturated rings. The molecular formula is C15H12ClNO2S2. The second-order valence-corrected chi connectivity index (χ2v) is 8.17. The van der Waals surface area contributed by atoms with Crippen LogP contribution in [-0.4, -0.2) is 8.42 Å². The molecule has 21 heavy (non-hydrogen) atoms. The van der Waals surface area contributed by atoms with Gasteiger partial charge >= 0.3 is 0 Å². The molecule has 1 aromatic carbocycles. The molecule has 0 aliphatic heterocycles. The van der Waals surface area contributed by atoms with E-state index in [4.69, 9.17) is 16.9 Å². The maximum absolute atomic E-state index is 12.3. The lowest BCUT2D eigenvalue weighted by Crippen LogP contribution is -2.06. The first-order chi connectivity index (χ1) is 9.90. The summed E-state index contributed by atoms with van der Waals surface area (Å²) >= 11 is 7.22. The van der Waals surface area contributed by atoms with Crippen molar-refractivity contribution in [2.45, 2.75) is 12.7 Å². The van der Waals surface area contributed by atoms with Gasteiger partial charge in [0, 0.05) is 14.8 Å². The number of benzene rings is 1.